The zero-order valence-electron chi connectivity index (χ0n) is 17.0. The van der Waals surface area contributed by atoms with Gasteiger partial charge in [0.25, 0.3) is 17.7 Å². The molecular weight excluding hydrogens is 557 g/mol. The Hall–Kier alpha value is -2.66. The molecule has 0 aliphatic carbocycles. The quantitative estimate of drug-likeness (QED) is 0.262. The highest BCUT2D eigenvalue weighted by atomic mass is 79.9. The molecule has 0 unspecified atom stereocenters. The Labute approximate surface area is 212 Å². The van der Waals surface area contributed by atoms with E-state index in [1.54, 1.807) is 31.2 Å². The second-order valence-electron chi connectivity index (χ2n) is 6.52. The number of hydrogen-bond acceptors (Lipinski definition) is 6. The van der Waals surface area contributed by atoms with E-state index < -0.39 is 17.7 Å². The first-order valence-corrected chi connectivity index (χ1v) is 11.4. The molecule has 3 N–H and O–H groups in total. The van der Waals surface area contributed by atoms with E-state index in [-0.39, 0.29) is 23.0 Å². The van der Waals surface area contributed by atoms with Crippen LogP contribution in [0.3, 0.4) is 0 Å². The van der Waals surface area contributed by atoms with Gasteiger partial charge in [-0.15, -0.1) is 0 Å². The predicted molar refractivity (Wildman–Crippen MR) is 133 cm³/mol. The molecule has 0 radical (unpaired) electrons. The highest BCUT2D eigenvalue weighted by molar-refractivity contribution is 9.10. The number of ether oxygens (including phenoxy) is 2. The number of thiocarbonyl (C=S) groups is 1. The number of nitrogens with one attached hydrogen (secondary N) is 3. The lowest BCUT2D eigenvalue weighted by atomic mass is 10.1. The summed E-state index contributed by atoms with van der Waals surface area (Å²) < 4.78 is 11.8. The normalized spacial score (nSPS) is 13.2. The summed E-state index contributed by atoms with van der Waals surface area (Å²) in [6.45, 7) is 1.78. The molecule has 12 heteroatoms. The SMILES string of the molecule is CCOc1cc(C=C2C(=O)NC(=S)NC2=O)cc(Br)c1OCC(=O)Nc1ccc(Cl)c(Cl)c1. The maximum Gasteiger partial charge on any atom is 0.263 e. The maximum absolute atomic E-state index is 12.3. The van der Waals surface area contributed by atoms with Crippen molar-refractivity contribution >= 4 is 85.9 Å². The van der Waals surface area contributed by atoms with Crippen LogP contribution in [0.1, 0.15) is 12.5 Å². The number of carbonyl (C=O) groups is 3. The van der Waals surface area contributed by atoms with E-state index in [9.17, 15) is 14.4 Å². The van der Waals surface area contributed by atoms with E-state index in [4.69, 9.17) is 44.9 Å². The van der Waals surface area contributed by atoms with Crippen LogP contribution in [0, 0.1) is 0 Å². The number of anilines is 1. The van der Waals surface area contributed by atoms with Gasteiger partial charge in [-0.25, -0.2) is 0 Å². The topological polar surface area (TPSA) is 106 Å². The second kappa shape index (κ2) is 11.0. The Kier molecular flexibility index (Phi) is 8.30. The largest absolute Gasteiger partial charge is 0.490 e. The Morgan fingerprint density at radius 2 is 1.82 bits per heavy atom. The molecule has 1 aliphatic heterocycles. The zero-order chi connectivity index (χ0) is 24.1. The Morgan fingerprint density at radius 3 is 2.45 bits per heavy atom. The van der Waals surface area contributed by atoms with E-state index in [1.807, 2.05) is 0 Å². The standard InChI is InChI=1S/C21H16BrCl2N3O5S/c1-2-31-16-7-10(5-12-19(29)26-21(33)27-20(12)30)6-13(22)18(16)32-9-17(28)25-11-3-4-14(23)15(24)8-11/h3-8H,2,9H2,1H3,(H,25,28)(H2,26,27,29,30,33). The molecule has 3 amide bonds. The highest BCUT2D eigenvalue weighted by Crippen LogP contribution is 2.37. The van der Waals surface area contributed by atoms with Crippen LogP contribution in [0.15, 0.2) is 40.4 Å². The van der Waals surface area contributed by atoms with Gasteiger partial charge in [0, 0.05) is 5.69 Å². The molecule has 33 heavy (non-hydrogen) atoms. The van der Waals surface area contributed by atoms with Crippen molar-refractivity contribution < 1.29 is 23.9 Å². The fourth-order valence-electron chi connectivity index (χ4n) is 2.76. The molecular formula is C21H16BrCl2N3O5S. The lowest BCUT2D eigenvalue weighted by Crippen LogP contribution is -2.51. The minimum atomic E-state index is -0.614. The van der Waals surface area contributed by atoms with Crippen molar-refractivity contribution in [1.82, 2.24) is 10.6 Å². The molecule has 8 nitrogen and oxygen atoms in total. The van der Waals surface area contributed by atoms with Crippen LogP contribution in [-0.4, -0.2) is 36.0 Å². The average molecular weight is 573 g/mol. The van der Waals surface area contributed by atoms with E-state index in [0.29, 0.717) is 38.1 Å². The minimum Gasteiger partial charge on any atom is -0.490 e. The molecule has 2 aromatic carbocycles. The number of benzene rings is 2. The average Bonchev–Trinajstić information content (AvgIpc) is 2.73. The summed E-state index contributed by atoms with van der Waals surface area (Å²) in [4.78, 5) is 36.5. The lowest BCUT2D eigenvalue weighted by molar-refractivity contribution is -0.123. The smallest absolute Gasteiger partial charge is 0.263 e. The molecule has 0 spiro atoms. The fourth-order valence-corrected chi connectivity index (χ4v) is 3.81. The Bertz CT molecular complexity index is 1170. The molecule has 1 fully saturated rings. The Balaban J connectivity index is 1.78. The number of halogens is 3. The van der Waals surface area contributed by atoms with E-state index >= 15 is 0 Å². The summed E-state index contributed by atoms with van der Waals surface area (Å²) >= 11 is 20.0. The number of hydrogen-bond donors (Lipinski definition) is 3. The summed E-state index contributed by atoms with van der Waals surface area (Å²) in [5, 5.41) is 8.02. The van der Waals surface area contributed by atoms with Crippen LogP contribution < -0.4 is 25.4 Å². The number of carbonyl (C=O) groups excluding carboxylic acids is 3. The van der Waals surface area contributed by atoms with Gasteiger partial charge in [0.1, 0.15) is 5.57 Å². The molecule has 3 rings (SSSR count). The van der Waals surface area contributed by atoms with Crippen LogP contribution in [0.2, 0.25) is 10.0 Å². The molecule has 2 aromatic rings. The maximum atomic E-state index is 12.3. The second-order valence-corrected chi connectivity index (χ2v) is 8.60. The van der Waals surface area contributed by atoms with Gasteiger partial charge in [-0.3, -0.25) is 25.0 Å². The van der Waals surface area contributed by atoms with Crippen molar-refractivity contribution in [2.45, 2.75) is 6.92 Å². The van der Waals surface area contributed by atoms with Crippen LogP contribution in [0.25, 0.3) is 6.08 Å². The van der Waals surface area contributed by atoms with Gasteiger partial charge in [-0.2, -0.15) is 0 Å². The molecule has 0 atom stereocenters. The Morgan fingerprint density at radius 1 is 1.12 bits per heavy atom. The van der Waals surface area contributed by atoms with Crippen molar-refractivity contribution in [3.8, 4) is 11.5 Å². The first-order chi connectivity index (χ1) is 15.7. The third-order valence-electron chi connectivity index (χ3n) is 4.14. The van der Waals surface area contributed by atoms with Crippen molar-refractivity contribution in [2.75, 3.05) is 18.5 Å². The van der Waals surface area contributed by atoms with Gasteiger partial charge in [0.2, 0.25) is 0 Å². The minimum absolute atomic E-state index is 0.0544. The summed E-state index contributed by atoms with van der Waals surface area (Å²) in [6, 6.07) is 7.91. The van der Waals surface area contributed by atoms with Crippen LogP contribution in [-0.2, 0) is 14.4 Å². The van der Waals surface area contributed by atoms with Gasteiger partial charge in [-0.05, 0) is 77.0 Å². The molecule has 1 aliphatic rings. The number of amides is 3. The van der Waals surface area contributed by atoms with Crippen LogP contribution >= 0.6 is 51.3 Å². The van der Waals surface area contributed by atoms with Crippen LogP contribution in [0.4, 0.5) is 5.69 Å². The zero-order valence-corrected chi connectivity index (χ0v) is 20.9. The summed E-state index contributed by atoms with van der Waals surface area (Å²) in [6.07, 6.45) is 1.39. The molecule has 0 bridgehead atoms. The van der Waals surface area contributed by atoms with Gasteiger partial charge in [0.15, 0.2) is 23.2 Å². The lowest BCUT2D eigenvalue weighted by Gasteiger charge is -2.17. The van der Waals surface area contributed by atoms with E-state index in [1.165, 1.54) is 12.1 Å². The van der Waals surface area contributed by atoms with Crippen molar-refractivity contribution in [2.24, 2.45) is 0 Å². The predicted octanol–water partition coefficient (Wildman–Crippen LogP) is 4.09. The molecule has 172 valence electrons. The van der Waals surface area contributed by atoms with Crippen molar-refractivity contribution in [3.05, 3.63) is 56.0 Å². The third kappa shape index (κ3) is 6.44. The molecule has 0 aromatic heterocycles. The monoisotopic (exact) mass is 571 g/mol. The van der Waals surface area contributed by atoms with Gasteiger partial charge in [0.05, 0.1) is 21.1 Å². The summed E-state index contributed by atoms with van der Waals surface area (Å²) in [7, 11) is 0. The van der Waals surface area contributed by atoms with Gasteiger partial charge >= 0.3 is 0 Å². The summed E-state index contributed by atoms with van der Waals surface area (Å²) in [5.74, 6) is -1.06. The molecule has 1 heterocycles. The van der Waals surface area contributed by atoms with Crippen molar-refractivity contribution in [3.63, 3.8) is 0 Å². The van der Waals surface area contributed by atoms with Gasteiger partial charge in [-0.1, -0.05) is 23.2 Å². The molecule has 0 saturated carbocycles. The third-order valence-corrected chi connectivity index (χ3v) is 5.67. The molecule has 1 saturated heterocycles. The fraction of sp³-hybridized carbons (Fsp3) is 0.143. The van der Waals surface area contributed by atoms with E-state index in [0.717, 1.165) is 0 Å². The first kappa shape index (κ1) is 25.0. The van der Waals surface area contributed by atoms with E-state index in [2.05, 4.69) is 31.9 Å². The number of rotatable bonds is 7. The summed E-state index contributed by atoms with van der Waals surface area (Å²) in [5.41, 5.74) is 0.839. The van der Waals surface area contributed by atoms with Crippen LogP contribution in [0.5, 0.6) is 11.5 Å². The van der Waals surface area contributed by atoms with Gasteiger partial charge < -0.3 is 14.8 Å². The first-order valence-electron chi connectivity index (χ1n) is 9.40. The van der Waals surface area contributed by atoms with Crippen molar-refractivity contribution in [1.29, 1.82) is 0 Å². The highest BCUT2D eigenvalue weighted by Gasteiger charge is 2.26.